The van der Waals surface area contributed by atoms with Gasteiger partial charge in [0.2, 0.25) is 0 Å². The zero-order chi connectivity index (χ0) is 26.5. The van der Waals surface area contributed by atoms with Gasteiger partial charge in [-0.2, -0.15) is 5.01 Å². The Kier molecular flexibility index (Phi) is 8.72. The Morgan fingerprint density at radius 1 is 1.08 bits per heavy atom. The van der Waals surface area contributed by atoms with Crippen molar-refractivity contribution in [3.8, 4) is 17.2 Å². The van der Waals surface area contributed by atoms with Gasteiger partial charge in [0.05, 0.1) is 22.7 Å². The number of carbonyl (C=O) groups is 2. The van der Waals surface area contributed by atoms with Crippen LogP contribution in [0, 0.1) is 10.5 Å². The molecule has 1 fully saturated rings. The van der Waals surface area contributed by atoms with Crippen LogP contribution in [-0.4, -0.2) is 35.4 Å². The van der Waals surface area contributed by atoms with E-state index in [2.05, 4.69) is 28.0 Å². The lowest BCUT2D eigenvalue weighted by Gasteiger charge is -2.16. The largest absolute Gasteiger partial charge is 0.497 e. The molecule has 2 amide bonds. The number of halogens is 1. The summed E-state index contributed by atoms with van der Waals surface area (Å²) in [5, 5.41) is 1.08. The summed E-state index contributed by atoms with van der Waals surface area (Å²) in [5.41, 5.74) is 5.93. The van der Waals surface area contributed by atoms with Gasteiger partial charge in [-0.1, -0.05) is 41.6 Å². The highest BCUT2D eigenvalue weighted by Gasteiger charge is 2.34. The van der Waals surface area contributed by atoms with Gasteiger partial charge < -0.3 is 14.2 Å². The van der Waals surface area contributed by atoms with Crippen LogP contribution in [0.25, 0.3) is 6.08 Å². The summed E-state index contributed by atoms with van der Waals surface area (Å²) in [6.07, 6.45) is 1.72. The van der Waals surface area contributed by atoms with Crippen LogP contribution in [0.5, 0.6) is 17.2 Å². The second-order valence-corrected chi connectivity index (χ2v) is 10.8. The van der Waals surface area contributed by atoms with Crippen molar-refractivity contribution in [3.05, 3.63) is 91.4 Å². The third kappa shape index (κ3) is 6.43. The lowest BCUT2D eigenvalue weighted by atomic mass is 10.1. The normalized spacial score (nSPS) is 14.2. The number of ether oxygens (including phenoxy) is 3. The molecular formula is C27H23IN2O5S2. The van der Waals surface area contributed by atoms with Gasteiger partial charge in [-0.15, -0.1) is 0 Å². The van der Waals surface area contributed by atoms with Crippen molar-refractivity contribution in [1.29, 1.82) is 0 Å². The van der Waals surface area contributed by atoms with E-state index in [1.165, 1.54) is 5.56 Å². The van der Waals surface area contributed by atoms with E-state index in [-0.39, 0.29) is 4.32 Å². The third-order valence-corrected chi connectivity index (χ3v) is 7.52. The average molecular weight is 647 g/mol. The van der Waals surface area contributed by atoms with Crippen molar-refractivity contribution in [1.82, 2.24) is 10.4 Å². The Morgan fingerprint density at radius 2 is 1.78 bits per heavy atom. The highest BCUT2D eigenvalue weighted by Crippen LogP contribution is 2.37. The van der Waals surface area contributed by atoms with E-state index in [1.54, 1.807) is 50.6 Å². The number of aryl methyl sites for hydroxylation is 1. The molecule has 0 unspecified atom stereocenters. The van der Waals surface area contributed by atoms with Gasteiger partial charge in [0.15, 0.2) is 15.8 Å². The van der Waals surface area contributed by atoms with E-state index >= 15 is 0 Å². The Labute approximate surface area is 238 Å². The molecule has 0 aliphatic carbocycles. The number of amides is 2. The molecule has 1 saturated heterocycles. The minimum atomic E-state index is -0.452. The van der Waals surface area contributed by atoms with Gasteiger partial charge in [-0.05, 0) is 95.3 Å². The van der Waals surface area contributed by atoms with Crippen LogP contribution < -0.4 is 19.6 Å². The maximum Gasteiger partial charge on any atom is 0.285 e. The molecule has 4 rings (SSSR count). The van der Waals surface area contributed by atoms with E-state index in [0.717, 1.165) is 31.5 Å². The van der Waals surface area contributed by atoms with Gasteiger partial charge in [0, 0.05) is 5.56 Å². The molecule has 1 heterocycles. The minimum Gasteiger partial charge on any atom is -0.497 e. The number of thiocarbonyl (C=S) groups is 1. The molecule has 1 N–H and O–H groups in total. The van der Waals surface area contributed by atoms with Gasteiger partial charge in [0.25, 0.3) is 11.8 Å². The fraction of sp³-hybridized carbons (Fsp3) is 0.148. The molecule has 10 heteroatoms. The van der Waals surface area contributed by atoms with Crippen LogP contribution >= 0.6 is 46.6 Å². The quantitative estimate of drug-likeness (QED) is 0.190. The number of carbonyl (C=O) groups excluding carboxylic acids is 2. The summed E-state index contributed by atoms with van der Waals surface area (Å²) in [5.74, 6) is 0.937. The number of rotatable bonds is 8. The Hall–Kier alpha value is -3.09. The molecule has 37 heavy (non-hydrogen) atoms. The first-order valence-corrected chi connectivity index (χ1v) is 13.4. The van der Waals surface area contributed by atoms with E-state index in [4.69, 9.17) is 26.4 Å². The molecule has 190 valence electrons. The molecule has 0 radical (unpaired) electrons. The van der Waals surface area contributed by atoms with Crippen LogP contribution in [0.15, 0.2) is 65.6 Å². The molecule has 3 aromatic carbocycles. The molecule has 0 atom stereocenters. The monoisotopic (exact) mass is 646 g/mol. The van der Waals surface area contributed by atoms with Crippen LogP contribution in [0.2, 0.25) is 0 Å². The van der Waals surface area contributed by atoms with Gasteiger partial charge in [-0.3, -0.25) is 15.0 Å². The van der Waals surface area contributed by atoms with E-state index in [0.29, 0.717) is 34.3 Å². The highest BCUT2D eigenvalue weighted by atomic mass is 127. The van der Waals surface area contributed by atoms with Crippen molar-refractivity contribution in [2.24, 2.45) is 0 Å². The number of hydrazine groups is 1. The fourth-order valence-corrected chi connectivity index (χ4v) is 5.39. The summed E-state index contributed by atoms with van der Waals surface area (Å²) in [6, 6.07) is 18.4. The number of hydrogen-bond acceptors (Lipinski definition) is 7. The smallest absolute Gasteiger partial charge is 0.285 e. The molecule has 0 bridgehead atoms. The standard InChI is InChI=1S/C27H23IN2O5S2/c1-16-4-6-17(7-5-16)15-35-24-21(28)12-18(13-22(24)34-3)14-23-26(32)30(27(36)37-23)29-25(31)19-8-10-20(33-2)11-9-19/h4-14H,15H2,1-3H3,(H,29,31)/b23-14-. The predicted octanol–water partition coefficient (Wildman–Crippen LogP) is 5.74. The summed E-state index contributed by atoms with van der Waals surface area (Å²) in [7, 11) is 3.12. The van der Waals surface area contributed by atoms with E-state index in [1.807, 2.05) is 37.3 Å². The van der Waals surface area contributed by atoms with Crippen molar-refractivity contribution in [2.45, 2.75) is 13.5 Å². The van der Waals surface area contributed by atoms with Crippen LogP contribution in [0.3, 0.4) is 0 Å². The van der Waals surface area contributed by atoms with Crippen molar-refractivity contribution in [2.75, 3.05) is 14.2 Å². The predicted molar refractivity (Wildman–Crippen MR) is 157 cm³/mol. The van der Waals surface area contributed by atoms with Gasteiger partial charge in [-0.25, -0.2) is 0 Å². The topological polar surface area (TPSA) is 77.1 Å². The van der Waals surface area contributed by atoms with Crippen molar-refractivity contribution < 1.29 is 23.8 Å². The molecule has 7 nitrogen and oxygen atoms in total. The van der Waals surface area contributed by atoms with Crippen LogP contribution in [0.4, 0.5) is 0 Å². The average Bonchev–Trinajstić information content (AvgIpc) is 3.15. The second kappa shape index (κ2) is 12.0. The summed E-state index contributed by atoms with van der Waals surface area (Å²) >= 11 is 8.64. The van der Waals surface area contributed by atoms with E-state index in [9.17, 15) is 9.59 Å². The molecule has 1 aliphatic heterocycles. The first-order valence-electron chi connectivity index (χ1n) is 11.1. The summed E-state index contributed by atoms with van der Waals surface area (Å²) in [6.45, 7) is 2.44. The number of benzene rings is 3. The first kappa shape index (κ1) is 27.0. The van der Waals surface area contributed by atoms with Crippen molar-refractivity contribution >= 4 is 68.8 Å². The van der Waals surface area contributed by atoms with Crippen LogP contribution in [-0.2, 0) is 11.4 Å². The zero-order valence-electron chi connectivity index (χ0n) is 20.2. The molecule has 1 aliphatic rings. The SMILES string of the molecule is COc1ccc(C(=O)NN2C(=O)/C(=C/c3cc(I)c(OCc4ccc(C)cc4)c(OC)c3)SC2=S)cc1. The number of nitrogens with one attached hydrogen (secondary N) is 1. The second-order valence-electron chi connectivity index (χ2n) is 7.99. The maximum atomic E-state index is 13.0. The van der Waals surface area contributed by atoms with Crippen LogP contribution in [0.1, 0.15) is 27.0 Å². The Balaban J connectivity index is 1.49. The molecule has 0 spiro atoms. The van der Waals surface area contributed by atoms with E-state index < -0.39 is 11.8 Å². The minimum absolute atomic E-state index is 0.234. The molecule has 0 aromatic heterocycles. The zero-order valence-corrected chi connectivity index (χ0v) is 24.0. The number of nitrogens with zero attached hydrogens (tertiary/aromatic N) is 1. The lowest BCUT2D eigenvalue weighted by molar-refractivity contribution is -0.123. The summed E-state index contributed by atoms with van der Waals surface area (Å²) < 4.78 is 17.8. The molecule has 0 saturated carbocycles. The van der Waals surface area contributed by atoms with Gasteiger partial charge >= 0.3 is 0 Å². The summed E-state index contributed by atoms with van der Waals surface area (Å²) in [4.78, 5) is 26.1. The van der Waals surface area contributed by atoms with Crippen molar-refractivity contribution in [3.63, 3.8) is 0 Å². The molecule has 3 aromatic rings. The number of methoxy groups -OCH3 is 2. The molecular weight excluding hydrogens is 623 g/mol. The third-order valence-electron chi connectivity index (χ3n) is 5.41. The fourth-order valence-electron chi connectivity index (χ4n) is 3.43. The highest BCUT2D eigenvalue weighted by molar-refractivity contribution is 14.1. The lowest BCUT2D eigenvalue weighted by Crippen LogP contribution is -2.44. The van der Waals surface area contributed by atoms with Gasteiger partial charge in [0.1, 0.15) is 12.4 Å². The Bertz CT molecular complexity index is 1370. The first-order chi connectivity index (χ1) is 17.8. The number of hydrogen-bond donors (Lipinski definition) is 1. The maximum absolute atomic E-state index is 13.0. The number of thioether (sulfide) groups is 1. The Morgan fingerprint density at radius 3 is 2.43 bits per heavy atom.